The van der Waals surface area contributed by atoms with E-state index in [4.69, 9.17) is 4.74 Å². The first kappa shape index (κ1) is 21.4. The minimum Gasteiger partial charge on any atom is -0.496 e. The average molecular weight is 497 g/mol. The van der Waals surface area contributed by atoms with Crippen LogP contribution < -0.4 is 10.1 Å². The second-order valence-corrected chi connectivity index (χ2v) is 8.85. The molecule has 4 rings (SSSR count). The summed E-state index contributed by atoms with van der Waals surface area (Å²) in [6, 6.07) is 15.4. The van der Waals surface area contributed by atoms with Gasteiger partial charge in [-0.25, -0.2) is 4.99 Å². The van der Waals surface area contributed by atoms with Gasteiger partial charge in [0.2, 0.25) is 0 Å². The van der Waals surface area contributed by atoms with Gasteiger partial charge in [-0.1, -0.05) is 24.3 Å². The van der Waals surface area contributed by atoms with Crippen molar-refractivity contribution in [3.05, 3.63) is 80.4 Å². The van der Waals surface area contributed by atoms with Gasteiger partial charge in [0, 0.05) is 5.56 Å². The summed E-state index contributed by atoms with van der Waals surface area (Å²) in [4.78, 5) is 17.5. The van der Waals surface area contributed by atoms with E-state index in [9.17, 15) is 4.79 Å². The highest BCUT2D eigenvalue weighted by Gasteiger charge is 2.24. The lowest BCUT2D eigenvalue weighted by molar-refractivity contribution is -0.115. The molecule has 2 heterocycles. The maximum atomic E-state index is 12.4. The molecule has 6 nitrogen and oxygen atoms in total. The summed E-state index contributed by atoms with van der Waals surface area (Å²) in [5.74, 6) is 0.625. The molecule has 158 valence electrons. The second kappa shape index (κ2) is 9.11. The Morgan fingerprint density at radius 1 is 1.23 bits per heavy atom. The summed E-state index contributed by atoms with van der Waals surface area (Å²) in [6.45, 7) is 4.56. The van der Waals surface area contributed by atoms with Crippen molar-refractivity contribution in [3.8, 4) is 5.75 Å². The lowest BCUT2D eigenvalue weighted by Crippen LogP contribution is -2.19. The number of aliphatic imine (C=N–C) groups is 1. The highest BCUT2D eigenvalue weighted by Crippen LogP contribution is 2.30. The number of carbonyl (C=O) groups excluding carboxylic acids is 1. The number of nitrogens with zero attached hydrogens (tertiary/aromatic N) is 3. The maximum Gasteiger partial charge on any atom is 0.264 e. The third-order valence-electron chi connectivity index (χ3n) is 4.85. The first-order valence-corrected chi connectivity index (χ1v) is 11.3. The summed E-state index contributed by atoms with van der Waals surface area (Å²) in [5, 5.41) is 7.99. The highest BCUT2D eigenvalue weighted by molar-refractivity contribution is 9.10. The number of rotatable bonds is 5. The molecule has 0 unspecified atom stereocenters. The monoisotopic (exact) mass is 496 g/mol. The van der Waals surface area contributed by atoms with Crippen LogP contribution in [0.4, 0.5) is 5.69 Å². The van der Waals surface area contributed by atoms with Crippen LogP contribution in [0.15, 0.2) is 62.9 Å². The molecule has 0 radical (unpaired) electrons. The Morgan fingerprint density at radius 3 is 2.68 bits per heavy atom. The molecule has 8 heteroatoms. The van der Waals surface area contributed by atoms with Gasteiger partial charge in [0.1, 0.15) is 5.75 Å². The zero-order chi connectivity index (χ0) is 22.0. The van der Waals surface area contributed by atoms with Crippen LogP contribution in [0, 0.1) is 13.8 Å². The molecule has 1 saturated heterocycles. The van der Waals surface area contributed by atoms with Gasteiger partial charge in [-0.2, -0.15) is 5.10 Å². The molecule has 1 aliphatic rings. The van der Waals surface area contributed by atoms with E-state index in [1.165, 1.54) is 11.8 Å². The Morgan fingerprint density at radius 2 is 2.00 bits per heavy atom. The molecule has 1 N–H and O–H groups in total. The van der Waals surface area contributed by atoms with E-state index < -0.39 is 0 Å². The molecule has 0 aliphatic carbocycles. The Balaban J connectivity index is 1.60. The van der Waals surface area contributed by atoms with Crippen molar-refractivity contribution in [1.82, 2.24) is 15.1 Å². The fraction of sp³-hybridized carbons (Fsp3) is 0.174. The van der Waals surface area contributed by atoms with Gasteiger partial charge in [0.05, 0.1) is 40.1 Å². The topological polar surface area (TPSA) is 68.5 Å². The van der Waals surface area contributed by atoms with Crippen molar-refractivity contribution >= 4 is 50.5 Å². The van der Waals surface area contributed by atoms with Gasteiger partial charge in [0.15, 0.2) is 5.17 Å². The zero-order valence-electron chi connectivity index (χ0n) is 17.3. The van der Waals surface area contributed by atoms with E-state index in [1.54, 1.807) is 7.11 Å². The van der Waals surface area contributed by atoms with Gasteiger partial charge in [-0.05, 0) is 77.4 Å². The van der Waals surface area contributed by atoms with Gasteiger partial charge in [-0.3, -0.25) is 9.48 Å². The lowest BCUT2D eigenvalue weighted by atomic mass is 10.1. The molecule has 31 heavy (non-hydrogen) atoms. The third kappa shape index (κ3) is 4.75. The van der Waals surface area contributed by atoms with Crippen molar-refractivity contribution in [3.63, 3.8) is 0 Å². The number of ether oxygens (including phenoxy) is 1. The predicted octanol–water partition coefficient (Wildman–Crippen LogP) is 5.21. The average Bonchev–Trinajstić information content (AvgIpc) is 3.22. The smallest absolute Gasteiger partial charge is 0.264 e. The number of carbonyl (C=O) groups is 1. The predicted molar refractivity (Wildman–Crippen MR) is 129 cm³/mol. The zero-order valence-corrected chi connectivity index (χ0v) is 19.8. The molecule has 0 atom stereocenters. The molecule has 0 bridgehead atoms. The fourth-order valence-electron chi connectivity index (χ4n) is 3.25. The van der Waals surface area contributed by atoms with Crippen LogP contribution in [0.2, 0.25) is 0 Å². The number of benzene rings is 2. The van der Waals surface area contributed by atoms with Crippen LogP contribution >= 0.6 is 27.7 Å². The molecule has 1 amide bonds. The molecular formula is C23H21BrN4O2S. The van der Waals surface area contributed by atoms with Crippen LogP contribution in [0.25, 0.3) is 6.08 Å². The fourth-order valence-corrected chi connectivity index (χ4v) is 4.38. The number of hydrogen-bond acceptors (Lipinski definition) is 5. The molecule has 1 fully saturated rings. The van der Waals surface area contributed by atoms with E-state index >= 15 is 0 Å². The molecule has 1 aliphatic heterocycles. The number of hydrogen-bond donors (Lipinski definition) is 1. The number of thioether (sulfide) groups is 1. The molecule has 1 aromatic heterocycles. The lowest BCUT2D eigenvalue weighted by Gasteiger charge is -2.11. The van der Waals surface area contributed by atoms with Crippen LogP contribution in [0.1, 0.15) is 22.5 Å². The number of aryl methyl sites for hydroxylation is 1. The number of nitrogens with one attached hydrogen (secondary N) is 1. The quantitative estimate of drug-likeness (QED) is 0.492. The van der Waals surface area contributed by atoms with Crippen LogP contribution in [-0.4, -0.2) is 28.0 Å². The first-order chi connectivity index (χ1) is 14.9. The van der Waals surface area contributed by atoms with E-state index in [0.29, 0.717) is 16.6 Å². The van der Waals surface area contributed by atoms with Gasteiger partial charge in [-0.15, -0.1) is 0 Å². The van der Waals surface area contributed by atoms with E-state index in [0.717, 1.165) is 38.4 Å². The number of amides is 1. The summed E-state index contributed by atoms with van der Waals surface area (Å²) in [7, 11) is 1.65. The SMILES string of the molecule is COc1ccc(/C=C2\SC(=Nc3ccccc3)NC2=O)cc1Cn1nc(C)c(Br)c1C. The summed E-state index contributed by atoms with van der Waals surface area (Å²) >= 11 is 4.91. The van der Waals surface area contributed by atoms with Crippen molar-refractivity contribution in [2.75, 3.05) is 7.11 Å². The van der Waals surface area contributed by atoms with Crippen LogP contribution in [-0.2, 0) is 11.3 Å². The molecular weight excluding hydrogens is 476 g/mol. The maximum absolute atomic E-state index is 12.4. The second-order valence-electron chi connectivity index (χ2n) is 7.03. The standard InChI is InChI=1S/C23H21BrN4O2S/c1-14-21(24)15(2)28(27-14)13-17-11-16(9-10-19(17)30-3)12-20-22(29)26-23(31-20)25-18-7-5-4-6-8-18/h4-12H,13H2,1-3H3,(H,25,26,29)/b20-12-. The van der Waals surface area contributed by atoms with Crippen molar-refractivity contribution in [2.24, 2.45) is 4.99 Å². The van der Waals surface area contributed by atoms with Crippen LogP contribution in [0.5, 0.6) is 5.75 Å². The minimum absolute atomic E-state index is 0.153. The highest BCUT2D eigenvalue weighted by atomic mass is 79.9. The Kier molecular flexibility index (Phi) is 6.29. The molecule has 3 aromatic rings. The van der Waals surface area contributed by atoms with E-state index in [2.05, 4.69) is 31.3 Å². The number of aromatic nitrogens is 2. The number of amidine groups is 1. The molecule has 2 aromatic carbocycles. The summed E-state index contributed by atoms with van der Waals surface area (Å²) in [6.07, 6.45) is 1.87. The van der Waals surface area contributed by atoms with Crippen molar-refractivity contribution in [1.29, 1.82) is 0 Å². The Labute approximate surface area is 193 Å². The van der Waals surface area contributed by atoms with E-state index in [1.807, 2.05) is 73.1 Å². The normalized spacial score (nSPS) is 16.2. The Hall–Kier alpha value is -2.84. The third-order valence-corrected chi connectivity index (χ3v) is 6.91. The number of para-hydroxylation sites is 1. The van der Waals surface area contributed by atoms with Crippen molar-refractivity contribution < 1.29 is 9.53 Å². The van der Waals surface area contributed by atoms with Gasteiger partial charge >= 0.3 is 0 Å². The largest absolute Gasteiger partial charge is 0.496 e. The number of methoxy groups -OCH3 is 1. The van der Waals surface area contributed by atoms with Gasteiger partial charge < -0.3 is 10.1 Å². The van der Waals surface area contributed by atoms with Crippen LogP contribution in [0.3, 0.4) is 0 Å². The minimum atomic E-state index is -0.153. The summed E-state index contributed by atoms with van der Waals surface area (Å²) in [5.41, 5.74) is 4.69. The van der Waals surface area contributed by atoms with Crippen molar-refractivity contribution in [2.45, 2.75) is 20.4 Å². The molecule has 0 saturated carbocycles. The van der Waals surface area contributed by atoms with E-state index in [-0.39, 0.29) is 5.91 Å². The Bertz CT molecular complexity index is 1200. The molecule has 0 spiro atoms. The number of halogens is 1. The van der Waals surface area contributed by atoms with Gasteiger partial charge in [0.25, 0.3) is 5.91 Å². The summed E-state index contributed by atoms with van der Waals surface area (Å²) < 4.78 is 8.50. The first-order valence-electron chi connectivity index (χ1n) is 9.65.